The molecule has 0 aliphatic carbocycles. The van der Waals surface area contributed by atoms with Gasteiger partial charge < -0.3 is 14.9 Å². The van der Waals surface area contributed by atoms with E-state index >= 15 is 0 Å². The topological polar surface area (TPSA) is 133 Å². The van der Waals surface area contributed by atoms with Crippen LogP contribution < -0.4 is 16.6 Å². The van der Waals surface area contributed by atoms with E-state index in [1.165, 1.54) is 22.5 Å². The zero-order chi connectivity index (χ0) is 19.2. The second kappa shape index (κ2) is 7.51. The van der Waals surface area contributed by atoms with Gasteiger partial charge in [-0.15, -0.1) is 12.4 Å². The number of nitrogens with zero attached hydrogens (tertiary/aromatic N) is 3. The number of hydrogen-bond donors (Lipinski definition) is 3. The molecule has 0 radical (unpaired) electrons. The van der Waals surface area contributed by atoms with Crippen LogP contribution >= 0.6 is 12.4 Å². The lowest BCUT2D eigenvalue weighted by molar-refractivity contribution is 0.258. The number of fused-ring (bicyclic) bond motifs is 1. The van der Waals surface area contributed by atoms with Crippen LogP contribution in [0.15, 0.2) is 45.1 Å². The quantitative estimate of drug-likeness (QED) is 0.527. The Labute approximate surface area is 166 Å². The average Bonchev–Trinajstić information content (AvgIpc) is 3.07. The highest BCUT2D eigenvalue weighted by molar-refractivity contribution is 7.89. The molecule has 0 amide bonds. The zero-order valence-corrected chi connectivity index (χ0v) is 16.5. The van der Waals surface area contributed by atoms with E-state index in [2.05, 4.69) is 20.3 Å². The fourth-order valence-corrected chi connectivity index (χ4v) is 4.94. The maximum atomic E-state index is 13.3. The van der Waals surface area contributed by atoms with Crippen molar-refractivity contribution in [1.82, 2.24) is 29.1 Å². The molecule has 2 aromatic heterocycles. The minimum absolute atomic E-state index is 0. The van der Waals surface area contributed by atoms with Gasteiger partial charge in [0.1, 0.15) is 5.82 Å². The van der Waals surface area contributed by atoms with Crippen LogP contribution in [0.5, 0.6) is 0 Å². The van der Waals surface area contributed by atoms with Gasteiger partial charge >= 0.3 is 5.69 Å². The summed E-state index contributed by atoms with van der Waals surface area (Å²) in [5.41, 5.74) is -0.990. The number of aryl methyl sites for hydroxylation is 1. The Bertz CT molecular complexity index is 1230. The summed E-state index contributed by atoms with van der Waals surface area (Å²) < 4.78 is 29.8. The highest BCUT2D eigenvalue weighted by Gasteiger charge is 2.36. The molecule has 4 rings (SSSR count). The van der Waals surface area contributed by atoms with E-state index in [0.29, 0.717) is 18.9 Å². The van der Waals surface area contributed by atoms with Crippen molar-refractivity contribution in [2.24, 2.45) is 7.05 Å². The number of piperazine rings is 1. The largest absolute Gasteiger partial charge is 0.337 e. The molecule has 1 aromatic carbocycles. The van der Waals surface area contributed by atoms with E-state index < -0.39 is 27.3 Å². The summed E-state index contributed by atoms with van der Waals surface area (Å²) in [5.74, 6) is 0.633. The molecule has 0 spiro atoms. The highest BCUT2D eigenvalue weighted by atomic mass is 35.5. The molecule has 150 valence electrons. The third kappa shape index (κ3) is 3.37. The van der Waals surface area contributed by atoms with Crippen molar-refractivity contribution in [3.63, 3.8) is 0 Å². The van der Waals surface area contributed by atoms with Gasteiger partial charge in [-0.3, -0.25) is 9.78 Å². The molecular weight excluding hydrogens is 408 g/mol. The van der Waals surface area contributed by atoms with E-state index in [9.17, 15) is 18.0 Å². The molecule has 10 nitrogen and oxygen atoms in total. The van der Waals surface area contributed by atoms with Gasteiger partial charge in [0.2, 0.25) is 10.0 Å². The fourth-order valence-electron chi connectivity index (χ4n) is 3.33. The van der Waals surface area contributed by atoms with Gasteiger partial charge in [-0.1, -0.05) is 0 Å². The first-order valence-corrected chi connectivity index (χ1v) is 9.78. The summed E-state index contributed by atoms with van der Waals surface area (Å²) >= 11 is 0. The van der Waals surface area contributed by atoms with E-state index in [1.807, 2.05) is 7.05 Å². The Hall–Kier alpha value is -2.47. The first kappa shape index (κ1) is 20.3. The molecular formula is C16H19ClN6O4S. The van der Waals surface area contributed by atoms with Gasteiger partial charge in [-0.2, -0.15) is 4.31 Å². The van der Waals surface area contributed by atoms with E-state index in [4.69, 9.17) is 0 Å². The molecule has 3 aromatic rings. The van der Waals surface area contributed by atoms with Crippen LogP contribution in [0.25, 0.3) is 10.9 Å². The second-order valence-corrected chi connectivity index (χ2v) is 8.24. The van der Waals surface area contributed by atoms with Crippen LogP contribution in [-0.2, 0) is 17.1 Å². The molecule has 0 bridgehead atoms. The molecule has 1 fully saturated rings. The lowest BCUT2D eigenvalue weighted by atomic mass is 10.2. The van der Waals surface area contributed by atoms with Gasteiger partial charge in [0.25, 0.3) is 5.56 Å². The Balaban J connectivity index is 0.00000225. The van der Waals surface area contributed by atoms with Crippen molar-refractivity contribution in [2.45, 2.75) is 10.9 Å². The number of halogens is 1. The first-order valence-electron chi connectivity index (χ1n) is 8.34. The van der Waals surface area contributed by atoms with Crippen LogP contribution in [0, 0.1) is 0 Å². The molecule has 1 aliphatic heterocycles. The van der Waals surface area contributed by atoms with Crippen LogP contribution in [0.3, 0.4) is 0 Å². The van der Waals surface area contributed by atoms with Crippen LogP contribution in [0.1, 0.15) is 11.9 Å². The number of aromatic nitrogens is 4. The molecule has 1 atom stereocenters. The van der Waals surface area contributed by atoms with Crippen LogP contribution in [0.2, 0.25) is 0 Å². The standard InChI is InChI=1S/C16H18N6O4S.ClH/c1-21-6-5-18-14(21)13-9-17-4-7-22(13)27(25,26)10-2-3-12-11(8-10)15(23)20-16(24)19-12;/h2-3,5-6,8,13,17H,4,7,9H2,1H3,(H2,19,20,23,24);1H. The van der Waals surface area contributed by atoms with Crippen molar-refractivity contribution in [3.05, 3.63) is 57.3 Å². The minimum Gasteiger partial charge on any atom is -0.337 e. The maximum absolute atomic E-state index is 13.3. The molecule has 1 aliphatic rings. The molecule has 1 unspecified atom stereocenters. The fraction of sp³-hybridized carbons (Fsp3) is 0.312. The lowest BCUT2D eigenvalue weighted by Gasteiger charge is -2.34. The highest BCUT2D eigenvalue weighted by Crippen LogP contribution is 2.28. The predicted molar refractivity (Wildman–Crippen MR) is 105 cm³/mol. The molecule has 28 heavy (non-hydrogen) atoms. The number of imidazole rings is 1. The van der Waals surface area contributed by atoms with Gasteiger partial charge in [-0.25, -0.2) is 18.2 Å². The van der Waals surface area contributed by atoms with Crippen molar-refractivity contribution >= 4 is 33.3 Å². The molecule has 12 heteroatoms. The number of rotatable bonds is 3. The average molecular weight is 427 g/mol. The summed E-state index contributed by atoms with van der Waals surface area (Å²) in [6.45, 7) is 1.23. The smallest absolute Gasteiger partial charge is 0.326 e. The summed E-state index contributed by atoms with van der Waals surface area (Å²) in [5, 5.41) is 3.31. The summed E-state index contributed by atoms with van der Waals surface area (Å²) in [7, 11) is -2.06. The maximum Gasteiger partial charge on any atom is 0.326 e. The minimum atomic E-state index is -3.88. The Morgan fingerprint density at radius 2 is 2.00 bits per heavy atom. The van der Waals surface area contributed by atoms with Gasteiger partial charge in [0.05, 0.1) is 21.8 Å². The normalized spacial score (nSPS) is 18.1. The predicted octanol–water partition coefficient (Wildman–Crippen LogP) is -0.293. The third-order valence-electron chi connectivity index (χ3n) is 4.67. The Morgan fingerprint density at radius 3 is 2.71 bits per heavy atom. The van der Waals surface area contributed by atoms with E-state index in [1.54, 1.807) is 17.0 Å². The first-order chi connectivity index (χ1) is 12.9. The molecule has 3 N–H and O–H groups in total. The Morgan fingerprint density at radius 1 is 1.21 bits per heavy atom. The number of aromatic amines is 2. The van der Waals surface area contributed by atoms with Crippen molar-refractivity contribution < 1.29 is 8.42 Å². The number of H-pyrrole nitrogens is 2. The number of hydrogen-bond acceptors (Lipinski definition) is 6. The molecule has 1 saturated heterocycles. The summed E-state index contributed by atoms with van der Waals surface area (Å²) in [4.78, 5) is 32.3. The molecule has 3 heterocycles. The SMILES string of the molecule is Cl.Cn1ccnc1C1CNCCN1S(=O)(=O)c1ccc2[nH]c(=O)[nH]c(=O)c2c1. The van der Waals surface area contributed by atoms with Crippen molar-refractivity contribution in [3.8, 4) is 0 Å². The van der Waals surface area contributed by atoms with Crippen LogP contribution in [-0.4, -0.2) is 51.9 Å². The van der Waals surface area contributed by atoms with Crippen molar-refractivity contribution in [2.75, 3.05) is 19.6 Å². The zero-order valence-electron chi connectivity index (χ0n) is 14.9. The monoisotopic (exact) mass is 426 g/mol. The summed E-state index contributed by atoms with van der Waals surface area (Å²) in [6, 6.07) is 3.64. The van der Waals surface area contributed by atoms with Gasteiger partial charge in [-0.05, 0) is 18.2 Å². The number of nitrogens with one attached hydrogen (secondary N) is 3. The van der Waals surface area contributed by atoms with Crippen molar-refractivity contribution in [1.29, 1.82) is 0 Å². The second-order valence-electron chi connectivity index (χ2n) is 6.35. The summed E-state index contributed by atoms with van der Waals surface area (Å²) in [6.07, 6.45) is 3.39. The molecule has 0 saturated carbocycles. The number of benzene rings is 1. The lowest BCUT2D eigenvalue weighted by Crippen LogP contribution is -2.49. The van der Waals surface area contributed by atoms with E-state index in [-0.39, 0.29) is 34.8 Å². The van der Waals surface area contributed by atoms with Gasteiger partial charge in [0.15, 0.2) is 0 Å². The third-order valence-corrected chi connectivity index (χ3v) is 6.57. The van der Waals surface area contributed by atoms with Crippen LogP contribution in [0.4, 0.5) is 0 Å². The van der Waals surface area contributed by atoms with E-state index in [0.717, 1.165) is 0 Å². The Kier molecular flexibility index (Phi) is 5.44. The van der Waals surface area contributed by atoms with Gasteiger partial charge in [0, 0.05) is 39.1 Å². The number of sulfonamides is 1.